The number of halogens is 3. The van der Waals surface area contributed by atoms with Gasteiger partial charge < -0.3 is 20.1 Å². The van der Waals surface area contributed by atoms with Crippen molar-refractivity contribution in [3.8, 4) is 17.3 Å². The molecular formula is C23H25Cl2IN6O3. The summed E-state index contributed by atoms with van der Waals surface area (Å²) >= 11 is 15.3. The highest BCUT2D eigenvalue weighted by Crippen LogP contribution is 2.43. The molecule has 0 aliphatic carbocycles. The Balaban J connectivity index is 1.38. The topological polar surface area (TPSA) is 100 Å². The minimum Gasteiger partial charge on any atom is -0.436 e. The Bertz CT molecular complexity index is 1320. The zero-order chi connectivity index (χ0) is 24.9. The molecule has 1 aromatic carbocycles. The van der Waals surface area contributed by atoms with E-state index in [-0.39, 0.29) is 31.2 Å². The number of anilines is 1. The highest BCUT2D eigenvalue weighted by atomic mass is 127. The Morgan fingerprint density at radius 3 is 2.57 bits per heavy atom. The van der Waals surface area contributed by atoms with E-state index in [4.69, 9.17) is 43.4 Å². The molecule has 0 unspecified atom stereocenters. The van der Waals surface area contributed by atoms with Crippen LogP contribution in [0.3, 0.4) is 0 Å². The summed E-state index contributed by atoms with van der Waals surface area (Å²) in [4.78, 5) is 20.1. The quantitative estimate of drug-likeness (QED) is 0.343. The lowest BCUT2D eigenvalue weighted by molar-refractivity contribution is 0.127. The SMILES string of the molecule is Cc1nc(N2CCC3(CC2)CO[C@@H](I)[C@H]3N)cc(=O)n1-c1ccc(Oc2ccn(C)n2)c(Cl)c1Cl. The van der Waals surface area contributed by atoms with Crippen molar-refractivity contribution < 1.29 is 9.47 Å². The van der Waals surface area contributed by atoms with Gasteiger partial charge in [0.25, 0.3) is 5.56 Å². The van der Waals surface area contributed by atoms with Crippen LogP contribution in [0.4, 0.5) is 5.82 Å². The van der Waals surface area contributed by atoms with Crippen LogP contribution in [0.2, 0.25) is 10.0 Å². The smallest absolute Gasteiger partial charge is 0.260 e. The highest BCUT2D eigenvalue weighted by Gasteiger charge is 2.48. The predicted molar refractivity (Wildman–Crippen MR) is 143 cm³/mol. The summed E-state index contributed by atoms with van der Waals surface area (Å²) in [6, 6.07) is 6.62. The van der Waals surface area contributed by atoms with E-state index >= 15 is 0 Å². The minimum absolute atomic E-state index is 0.00422. The first-order valence-electron chi connectivity index (χ1n) is 11.2. The molecule has 12 heteroatoms. The molecule has 0 amide bonds. The van der Waals surface area contributed by atoms with Crippen molar-refractivity contribution in [2.75, 3.05) is 24.6 Å². The van der Waals surface area contributed by atoms with Crippen molar-refractivity contribution >= 4 is 51.6 Å². The fourth-order valence-corrected chi connectivity index (χ4v) is 6.14. The van der Waals surface area contributed by atoms with Gasteiger partial charge in [-0.15, -0.1) is 5.10 Å². The summed E-state index contributed by atoms with van der Waals surface area (Å²) in [5, 5.41) is 4.57. The van der Waals surface area contributed by atoms with Crippen LogP contribution >= 0.6 is 45.8 Å². The van der Waals surface area contributed by atoms with Gasteiger partial charge in [0.2, 0.25) is 5.88 Å². The van der Waals surface area contributed by atoms with Crippen molar-refractivity contribution in [1.29, 1.82) is 0 Å². The molecule has 2 saturated heterocycles. The molecule has 0 bridgehead atoms. The lowest BCUT2D eigenvalue weighted by atomic mass is 9.75. The lowest BCUT2D eigenvalue weighted by Gasteiger charge is -2.41. The summed E-state index contributed by atoms with van der Waals surface area (Å²) < 4.78 is 14.7. The number of piperidine rings is 1. The summed E-state index contributed by atoms with van der Waals surface area (Å²) in [6.45, 7) is 3.99. The maximum atomic E-state index is 13.2. The van der Waals surface area contributed by atoms with Gasteiger partial charge in [-0.2, -0.15) is 0 Å². The Labute approximate surface area is 226 Å². The minimum atomic E-state index is -0.239. The Kier molecular flexibility index (Phi) is 6.77. The number of aryl methyl sites for hydroxylation is 2. The molecule has 0 saturated carbocycles. The first-order valence-corrected chi connectivity index (χ1v) is 13.2. The molecule has 2 N–H and O–H groups in total. The standard InChI is InChI=1S/C23H25Cl2IN6O3/c1-13-28-16(31-9-6-23(7-10-31)12-34-22(26)21(23)27)11-18(33)32(13)14-3-4-15(20(25)19(14)24)35-17-5-8-30(2)29-17/h3-5,8,11,21-22H,6-7,9-10,12,27H2,1-2H3/t21-,22-/m1/s1. The monoisotopic (exact) mass is 630 g/mol. The molecule has 2 atom stereocenters. The Hall–Kier alpha value is -1.86. The van der Waals surface area contributed by atoms with Crippen LogP contribution < -0.4 is 20.9 Å². The number of rotatable bonds is 4. The van der Waals surface area contributed by atoms with E-state index in [0.29, 0.717) is 35.6 Å². The predicted octanol–water partition coefficient (Wildman–Crippen LogP) is 4.08. The maximum absolute atomic E-state index is 13.2. The largest absolute Gasteiger partial charge is 0.436 e. The fraction of sp³-hybridized carbons (Fsp3) is 0.435. The molecule has 2 aromatic heterocycles. The number of benzene rings is 1. The molecule has 2 fully saturated rings. The van der Waals surface area contributed by atoms with Gasteiger partial charge in [0, 0.05) is 49.9 Å². The van der Waals surface area contributed by atoms with E-state index in [1.165, 1.54) is 4.57 Å². The molecule has 4 heterocycles. The normalized spacial score (nSPS) is 21.6. The molecule has 5 rings (SSSR count). The van der Waals surface area contributed by atoms with Gasteiger partial charge in [-0.05, 0) is 54.5 Å². The summed E-state index contributed by atoms with van der Waals surface area (Å²) in [5.41, 5.74) is 6.62. The van der Waals surface area contributed by atoms with Crippen molar-refractivity contribution in [2.45, 2.75) is 29.9 Å². The van der Waals surface area contributed by atoms with Gasteiger partial charge in [-0.1, -0.05) is 23.2 Å². The van der Waals surface area contributed by atoms with Crippen molar-refractivity contribution in [2.24, 2.45) is 18.2 Å². The molecule has 186 valence electrons. The van der Waals surface area contributed by atoms with Crippen LogP contribution in [0, 0.1) is 12.3 Å². The van der Waals surface area contributed by atoms with Crippen LogP contribution in [0.5, 0.6) is 11.6 Å². The molecule has 3 aromatic rings. The van der Waals surface area contributed by atoms with Gasteiger partial charge in [-0.3, -0.25) is 14.0 Å². The molecule has 35 heavy (non-hydrogen) atoms. The van der Waals surface area contributed by atoms with Gasteiger partial charge in [0.15, 0.2) is 0 Å². The molecule has 9 nitrogen and oxygen atoms in total. The fourth-order valence-electron chi connectivity index (χ4n) is 4.75. The van der Waals surface area contributed by atoms with Crippen molar-refractivity contribution in [3.63, 3.8) is 0 Å². The van der Waals surface area contributed by atoms with Crippen molar-refractivity contribution in [1.82, 2.24) is 19.3 Å². The third-order valence-corrected chi connectivity index (χ3v) is 8.84. The summed E-state index contributed by atoms with van der Waals surface area (Å²) in [7, 11) is 1.79. The molecule has 0 radical (unpaired) electrons. The second-order valence-electron chi connectivity index (χ2n) is 9.01. The van der Waals surface area contributed by atoms with E-state index in [2.05, 4.69) is 32.6 Å². The molecular weight excluding hydrogens is 606 g/mol. The number of ether oxygens (including phenoxy) is 2. The van der Waals surface area contributed by atoms with E-state index < -0.39 is 0 Å². The van der Waals surface area contributed by atoms with E-state index in [9.17, 15) is 4.79 Å². The third-order valence-electron chi connectivity index (χ3n) is 6.85. The third kappa shape index (κ3) is 4.55. The van der Waals surface area contributed by atoms with Crippen LogP contribution in [0.1, 0.15) is 18.7 Å². The Morgan fingerprint density at radius 1 is 1.23 bits per heavy atom. The first-order chi connectivity index (χ1) is 16.7. The van der Waals surface area contributed by atoms with Crippen LogP contribution in [-0.2, 0) is 11.8 Å². The first kappa shape index (κ1) is 24.8. The van der Waals surface area contributed by atoms with E-state index in [1.807, 2.05) is 0 Å². The van der Waals surface area contributed by atoms with Crippen LogP contribution in [0.25, 0.3) is 5.69 Å². The highest BCUT2D eigenvalue weighted by molar-refractivity contribution is 14.1. The number of hydrogen-bond donors (Lipinski definition) is 1. The Morgan fingerprint density at radius 2 is 1.97 bits per heavy atom. The second-order valence-corrected chi connectivity index (χ2v) is 11.0. The van der Waals surface area contributed by atoms with Crippen molar-refractivity contribution in [3.05, 3.63) is 56.7 Å². The summed E-state index contributed by atoms with van der Waals surface area (Å²) in [5.74, 6) is 1.89. The van der Waals surface area contributed by atoms with Crippen LogP contribution in [0.15, 0.2) is 35.3 Å². The number of alkyl halides is 1. The van der Waals surface area contributed by atoms with E-state index in [0.717, 1.165) is 25.9 Å². The molecule has 2 aliphatic heterocycles. The van der Waals surface area contributed by atoms with Gasteiger partial charge in [-0.25, -0.2) is 4.98 Å². The average molecular weight is 631 g/mol. The summed E-state index contributed by atoms with van der Waals surface area (Å²) in [6.07, 6.45) is 3.56. The van der Waals surface area contributed by atoms with Crippen LogP contribution in [-0.4, -0.2) is 49.2 Å². The molecule has 1 spiro atoms. The zero-order valence-electron chi connectivity index (χ0n) is 19.2. The molecule has 2 aliphatic rings. The number of aromatic nitrogens is 4. The lowest BCUT2D eigenvalue weighted by Crippen LogP contribution is -2.50. The van der Waals surface area contributed by atoms with E-state index in [1.54, 1.807) is 49.1 Å². The second kappa shape index (κ2) is 9.55. The van der Waals surface area contributed by atoms with Gasteiger partial charge in [0.05, 0.1) is 17.3 Å². The van der Waals surface area contributed by atoms with Gasteiger partial charge >= 0.3 is 0 Å². The zero-order valence-corrected chi connectivity index (χ0v) is 22.9. The maximum Gasteiger partial charge on any atom is 0.260 e. The average Bonchev–Trinajstić information content (AvgIpc) is 3.36. The number of hydrogen-bond acceptors (Lipinski definition) is 7. The van der Waals surface area contributed by atoms with Gasteiger partial charge in [0.1, 0.15) is 26.5 Å². The number of nitrogens with two attached hydrogens (primary N) is 1. The number of nitrogens with zero attached hydrogens (tertiary/aromatic N) is 5.